The number of guanidine groups is 1. The van der Waals surface area contributed by atoms with Crippen LogP contribution in [0.15, 0.2) is 4.99 Å². The predicted octanol–water partition coefficient (Wildman–Crippen LogP) is 0.0784. The number of hydrogen-bond acceptors (Lipinski definition) is 5. The molecule has 2 N–H and O–H groups in total. The summed E-state index contributed by atoms with van der Waals surface area (Å²) in [6.07, 6.45) is 1.35. The average Bonchev–Trinajstić information content (AvgIpc) is 3.07. The van der Waals surface area contributed by atoms with Gasteiger partial charge in [0.2, 0.25) is 15.9 Å². The third-order valence-electron chi connectivity index (χ3n) is 4.04. The van der Waals surface area contributed by atoms with E-state index in [1.165, 1.54) is 4.90 Å². The monoisotopic (exact) mass is 519 g/mol. The van der Waals surface area contributed by atoms with Gasteiger partial charge in [-0.25, -0.2) is 18.1 Å². The molecule has 0 aromatic heterocycles. The molecule has 1 aliphatic rings. The van der Waals surface area contributed by atoms with E-state index < -0.39 is 15.3 Å². The van der Waals surface area contributed by atoms with Crippen LogP contribution in [-0.4, -0.2) is 95.4 Å². The molecular formula is C16H34IN5O4S. The maximum Gasteiger partial charge on any atom is 0.243 e. The van der Waals surface area contributed by atoms with Gasteiger partial charge in [-0.15, -0.1) is 24.0 Å². The topological polar surface area (TPSA) is 103 Å². The van der Waals surface area contributed by atoms with E-state index >= 15 is 0 Å². The van der Waals surface area contributed by atoms with Gasteiger partial charge in [0.15, 0.2) is 5.96 Å². The minimum Gasteiger partial charge on any atom is -0.382 e. The Balaban J connectivity index is 0.00000676. The van der Waals surface area contributed by atoms with E-state index in [-0.39, 0.29) is 36.4 Å². The molecule has 9 nitrogen and oxygen atoms in total. The van der Waals surface area contributed by atoms with Crippen molar-refractivity contribution < 1.29 is 17.9 Å². The second-order valence-electron chi connectivity index (χ2n) is 6.30. The van der Waals surface area contributed by atoms with Gasteiger partial charge in [-0.2, -0.15) is 0 Å². The Hall–Kier alpha value is -0.660. The summed E-state index contributed by atoms with van der Waals surface area (Å²) in [5.74, 6) is 0.473. The number of rotatable bonds is 10. The van der Waals surface area contributed by atoms with Gasteiger partial charge in [-0.1, -0.05) is 6.92 Å². The van der Waals surface area contributed by atoms with Crippen molar-refractivity contribution in [3.8, 4) is 0 Å². The highest BCUT2D eigenvalue weighted by Crippen LogP contribution is 2.16. The lowest BCUT2D eigenvalue weighted by Crippen LogP contribution is -2.43. The number of aliphatic imine (C=N–C) groups is 1. The number of likely N-dealkylation sites (N-methyl/N-ethyl adjacent to an activating group) is 1. The van der Waals surface area contributed by atoms with Gasteiger partial charge in [0.25, 0.3) is 0 Å². The maximum atomic E-state index is 12.2. The minimum absolute atomic E-state index is 0. The van der Waals surface area contributed by atoms with Crippen LogP contribution in [0, 0.1) is 0 Å². The van der Waals surface area contributed by atoms with Crippen molar-refractivity contribution >= 4 is 45.9 Å². The van der Waals surface area contributed by atoms with E-state index in [1.807, 2.05) is 11.8 Å². The van der Waals surface area contributed by atoms with Gasteiger partial charge in [-0.3, -0.25) is 4.79 Å². The zero-order valence-electron chi connectivity index (χ0n) is 16.7. The van der Waals surface area contributed by atoms with Crippen LogP contribution in [-0.2, 0) is 19.6 Å². The molecule has 0 aromatic rings. The highest BCUT2D eigenvalue weighted by Gasteiger charge is 2.34. The maximum absolute atomic E-state index is 12.2. The van der Waals surface area contributed by atoms with Crippen molar-refractivity contribution in [2.24, 2.45) is 4.99 Å². The number of nitrogens with zero attached hydrogens (tertiary/aromatic N) is 3. The second kappa shape index (κ2) is 13.5. The second-order valence-corrected chi connectivity index (χ2v) is 8.35. The molecule has 1 aliphatic heterocycles. The summed E-state index contributed by atoms with van der Waals surface area (Å²) >= 11 is 0. The first-order chi connectivity index (χ1) is 12.3. The molecule has 1 rings (SSSR count). The summed E-state index contributed by atoms with van der Waals surface area (Å²) in [4.78, 5) is 19.6. The Morgan fingerprint density at radius 2 is 2.04 bits per heavy atom. The Bertz CT molecular complexity index is 571. The molecule has 0 aliphatic carbocycles. The molecule has 160 valence electrons. The van der Waals surface area contributed by atoms with Gasteiger partial charge in [0.1, 0.15) is 6.54 Å². The molecule has 1 fully saturated rings. The SMILES string of the molecule is CCNS(=O)(=O)C1CCN(C(=NCC(=O)N(C)C)NCCCOCC)C1.I. The number of ether oxygens (including phenoxy) is 1. The van der Waals surface area contributed by atoms with E-state index in [4.69, 9.17) is 4.74 Å². The average molecular weight is 519 g/mol. The molecular weight excluding hydrogens is 485 g/mol. The lowest BCUT2D eigenvalue weighted by molar-refractivity contribution is -0.127. The Morgan fingerprint density at radius 3 is 2.63 bits per heavy atom. The molecule has 11 heteroatoms. The summed E-state index contributed by atoms with van der Waals surface area (Å²) in [5.41, 5.74) is 0. The van der Waals surface area contributed by atoms with Crippen LogP contribution in [0.25, 0.3) is 0 Å². The lowest BCUT2D eigenvalue weighted by atomic mass is 10.4. The standard InChI is InChI=1S/C16H33N5O4S.HI/c1-5-19-26(23,24)14-8-10-21(13-14)16(17-9-7-11-25-6-2)18-12-15(22)20(3)4;/h14,19H,5-13H2,1-4H3,(H,17,18);1H. The summed E-state index contributed by atoms with van der Waals surface area (Å²) in [6.45, 7) is 7.04. The molecule has 0 saturated carbocycles. The fraction of sp³-hybridized carbons (Fsp3) is 0.875. The van der Waals surface area contributed by atoms with Crippen molar-refractivity contribution in [3.05, 3.63) is 0 Å². The van der Waals surface area contributed by atoms with Crippen LogP contribution in [0.5, 0.6) is 0 Å². The third-order valence-corrected chi connectivity index (χ3v) is 6.00. The van der Waals surface area contributed by atoms with E-state index in [1.54, 1.807) is 21.0 Å². The van der Waals surface area contributed by atoms with E-state index in [0.717, 1.165) is 6.42 Å². The first-order valence-electron chi connectivity index (χ1n) is 9.11. The van der Waals surface area contributed by atoms with Crippen molar-refractivity contribution in [1.82, 2.24) is 19.8 Å². The van der Waals surface area contributed by atoms with Crippen LogP contribution in [0.2, 0.25) is 0 Å². The van der Waals surface area contributed by atoms with E-state index in [0.29, 0.717) is 51.8 Å². The van der Waals surface area contributed by atoms with Gasteiger partial charge in [0.05, 0.1) is 5.25 Å². The van der Waals surface area contributed by atoms with Crippen molar-refractivity contribution in [1.29, 1.82) is 0 Å². The quantitative estimate of drug-likeness (QED) is 0.184. The summed E-state index contributed by atoms with van der Waals surface area (Å²) in [5, 5.41) is 2.76. The van der Waals surface area contributed by atoms with E-state index in [9.17, 15) is 13.2 Å². The molecule has 0 spiro atoms. The zero-order chi connectivity index (χ0) is 19.6. The van der Waals surface area contributed by atoms with Crippen molar-refractivity contribution in [2.75, 3.05) is 60.0 Å². The summed E-state index contributed by atoms with van der Waals surface area (Å²) in [7, 11) is 0.0416. The number of sulfonamides is 1. The normalized spacial score (nSPS) is 17.6. The van der Waals surface area contributed by atoms with Crippen LogP contribution in [0.1, 0.15) is 26.7 Å². The molecule has 1 amide bonds. The highest BCUT2D eigenvalue weighted by molar-refractivity contribution is 14.0. The molecule has 1 heterocycles. The molecule has 0 bridgehead atoms. The summed E-state index contributed by atoms with van der Waals surface area (Å²) < 4.78 is 32.3. The summed E-state index contributed by atoms with van der Waals surface area (Å²) in [6, 6.07) is 0. The van der Waals surface area contributed by atoms with Crippen molar-refractivity contribution in [2.45, 2.75) is 31.9 Å². The molecule has 27 heavy (non-hydrogen) atoms. The Kier molecular flexibility index (Phi) is 13.2. The third kappa shape index (κ3) is 9.39. The molecule has 1 atom stereocenters. The number of halogens is 1. The van der Waals surface area contributed by atoms with Gasteiger partial charge in [-0.05, 0) is 19.8 Å². The van der Waals surface area contributed by atoms with Gasteiger partial charge >= 0.3 is 0 Å². The van der Waals surface area contributed by atoms with Crippen LogP contribution < -0.4 is 10.0 Å². The van der Waals surface area contributed by atoms with E-state index in [2.05, 4.69) is 15.0 Å². The van der Waals surface area contributed by atoms with Crippen LogP contribution in [0.4, 0.5) is 0 Å². The predicted molar refractivity (Wildman–Crippen MR) is 118 cm³/mol. The Morgan fingerprint density at radius 1 is 1.33 bits per heavy atom. The largest absolute Gasteiger partial charge is 0.382 e. The number of carbonyl (C=O) groups excluding carboxylic acids is 1. The fourth-order valence-electron chi connectivity index (χ4n) is 2.56. The molecule has 0 aromatic carbocycles. The van der Waals surface area contributed by atoms with Crippen LogP contribution in [0.3, 0.4) is 0 Å². The minimum atomic E-state index is -3.32. The zero-order valence-corrected chi connectivity index (χ0v) is 19.9. The van der Waals surface area contributed by atoms with Crippen LogP contribution >= 0.6 is 24.0 Å². The highest BCUT2D eigenvalue weighted by atomic mass is 127. The lowest BCUT2D eigenvalue weighted by Gasteiger charge is -2.22. The number of likely N-dealkylation sites (tertiary alicyclic amines) is 1. The number of nitrogens with one attached hydrogen (secondary N) is 2. The fourth-order valence-corrected chi connectivity index (χ4v) is 3.99. The number of hydrogen-bond donors (Lipinski definition) is 2. The molecule has 1 saturated heterocycles. The number of carbonyl (C=O) groups is 1. The molecule has 1 unspecified atom stereocenters. The molecule has 0 radical (unpaired) electrons. The first kappa shape index (κ1) is 26.3. The first-order valence-corrected chi connectivity index (χ1v) is 10.7. The smallest absolute Gasteiger partial charge is 0.243 e. The van der Waals surface area contributed by atoms with Gasteiger partial charge in [0, 0.05) is 53.5 Å². The van der Waals surface area contributed by atoms with Gasteiger partial charge < -0.3 is 19.9 Å². The Labute approximate surface area is 180 Å². The van der Waals surface area contributed by atoms with Crippen molar-refractivity contribution in [3.63, 3.8) is 0 Å². The number of amides is 1.